The largest absolute Gasteiger partial charge is 0.478 e. The summed E-state index contributed by atoms with van der Waals surface area (Å²) in [7, 11) is 0. The molecule has 0 fully saturated rings. The van der Waals surface area contributed by atoms with Crippen LogP contribution in [0.2, 0.25) is 0 Å². The number of aliphatic carboxylic acids is 1. The fourth-order valence-electron chi connectivity index (χ4n) is 2.34. The Labute approximate surface area is 113 Å². The van der Waals surface area contributed by atoms with Gasteiger partial charge in [-0.05, 0) is 25.3 Å². The van der Waals surface area contributed by atoms with Gasteiger partial charge in [0.05, 0.1) is 11.3 Å². The highest BCUT2D eigenvalue weighted by Crippen LogP contribution is 2.38. The highest BCUT2D eigenvalue weighted by molar-refractivity contribution is 7.10. The van der Waals surface area contributed by atoms with Crippen LogP contribution in [0.5, 0.6) is 0 Å². The first kappa shape index (κ1) is 13.4. The van der Waals surface area contributed by atoms with Gasteiger partial charge >= 0.3 is 5.97 Å². The molecule has 0 saturated carbocycles. The van der Waals surface area contributed by atoms with Gasteiger partial charge in [0, 0.05) is 15.5 Å². The molecule has 1 aromatic heterocycles. The molecule has 100 valence electrons. The lowest BCUT2D eigenvalue weighted by Crippen LogP contribution is -2.39. The van der Waals surface area contributed by atoms with Gasteiger partial charge in [0.25, 0.3) is 6.04 Å². The zero-order valence-corrected chi connectivity index (χ0v) is 11.2. The second kappa shape index (κ2) is 4.93. The topological polar surface area (TPSA) is 92.8 Å². The Kier molecular flexibility index (Phi) is 3.48. The minimum absolute atomic E-state index is 0.00903. The van der Waals surface area contributed by atoms with Gasteiger partial charge in [0.2, 0.25) is 0 Å². The van der Waals surface area contributed by atoms with Crippen LogP contribution in [0.3, 0.4) is 0 Å². The number of hydrogen-bond acceptors (Lipinski definition) is 5. The molecule has 2 atom stereocenters. The van der Waals surface area contributed by atoms with E-state index in [1.807, 2.05) is 0 Å². The van der Waals surface area contributed by atoms with Crippen LogP contribution in [0.4, 0.5) is 0 Å². The summed E-state index contributed by atoms with van der Waals surface area (Å²) in [6.07, 6.45) is 0. The first-order valence-corrected chi connectivity index (χ1v) is 6.47. The number of carbonyl (C=O) groups is 1. The average molecular weight is 280 g/mol. The summed E-state index contributed by atoms with van der Waals surface area (Å²) in [6, 6.07) is 2.36. The van der Waals surface area contributed by atoms with Crippen molar-refractivity contribution in [2.75, 3.05) is 0 Å². The molecular weight excluding hydrogens is 268 g/mol. The van der Waals surface area contributed by atoms with Gasteiger partial charge in [0.1, 0.15) is 5.92 Å². The van der Waals surface area contributed by atoms with Crippen molar-refractivity contribution in [2.24, 2.45) is 4.99 Å². The molecule has 19 heavy (non-hydrogen) atoms. The molecule has 1 N–H and O–H groups in total. The predicted molar refractivity (Wildman–Crippen MR) is 71.3 cm³/mol. The van der Waals surface area contributed by atoms with Crippen LogP contribution in [0.1, 0.15) is 24.6 Å². The number of aliphatic imine (C=N–C) groups is 1. The van der Waals surface area contributed by atoms with E-state index in [4.69, 9.17) is 0 Å². The molecule has 2 rings (SSSR count). The SMILES string of the molecule is CC1=NC(C)=C(C(=O)O)C(c2cccs2)C1[N+](=O)[O-]. The van der Waals surface area contributed by atoms with Gasteiger partial charge in [-0.1, -0.05) is 6.07 Å². The van der Waals surface area contributed by atoms with Crippen LogP contribution in [-0.2, 0) is 4.79 Å². The van der Waals surface area contributed by atoms with Crippen molar-refractivity contribution in [1.82, 2.24) is 0 Å². The minimum atomic E-state index is -1.15. The molecule has 0 bridgehead atoms. The maximum atomic E-state index is 11.4. The second-order valence-electron chi connectivity index (χ2n) is 4.28. The predicted octanol–water partition coefficient (Wildman–Crippen LogP) is 2.31. The van der Waals surface area contributed by atoms with Crippen molar-refractivity contribution in [3.8, 4) is 0 Å². The fraction of sp³-hybridized carbons (Fsp3) is 0.333. The van der Waals surface area contributed by atoms with Crippen LogP contribution in [-0.4, -0.2) is 27.8 Å². The van der Waals surface area contributed by atoms with Crippen LogP contribution in [0, 0.1) is 10.1 Å². The van der Waals surface area contributed by atoms with Gasteiger partial charge in [-0.25, -0.2) is 4.79 Å². The number of thiophene rings is 1. The second-order valence-corrected chi connectivity index (χ2v) is 5.26. The molecule has 1 aromatic rings. The summed E-state index contributed by atoms with van der Waals surface area (Å²) in [5, 5.41) is 22.4. The molecule has 2 unspecified atom stereocenters. The molecule has 0 aromatic carbocycles. The summed E-state index contributed by atoms with van der Waals surface area (Å²) in [4.78, 5) is 26.9. The molecule has 2 heterocycles. The number of allylic oxidation sites excluding steroid dienone is 1. The Morgan fingerprint density at radius 3 is 2.68 bits per heavy atom. The monoisotopic (exact) mass is 280 g/mol. The smallest absolute Gasteiger partial charge is 0.334 e. The number of carboxylic acid groups (broad SMARTS) is 1. The Morgan fingerprint density at radius 2 is 2.21 bits per heavy atom. The number of hydrogen-bond donors (Lipinski definition) is 1. The van der Waals surface area contributed by atoms with Crippen LogP contribution in [0.25, 0.3) is 0 Å². The summed E-state index contributed by atoms with van der Waals surface area (Å²) >= 11 is 1.32. The lowest BCUT2D eigenvalue weighted by Gasteiger charge is -2.25. The van der Waals surface area contributed by atoms with E-state index >= 15 is 0 Å². The van der Waals surface area contributed by atoms with Crippen LogP contribution < -0.4 is 0 Å². The Balaban J connectivity index is 2.63. The maximum absolute atomic E-state index is 11.4. The van der Waals surface area contributed by atoms with Gasteiger partial charge in [-0.2, -0.15) is 0 Å². The molecule has 0 amide bonds. The van der Waals surface area contributed by atoms with Crippen LogP contribution >= 0.6 is 11.3 Å². The summed E-state index contributed by atoms with van der Waals surface area (Å²) in [5.74, 6) is -1.93. The van der Waals surface area contributed by atoms with Crippen molar-refractivity contribution < 1.29 is 14.8 Å². The first-order chi connectivity index (χ1) is 8.93. The van der Waals surface area contributed by atoms with E-state index < -0.39 is 22.9 Å². The van der Waals surface area contributed by atoms with Crippen molar-refractivity contribution >= 4 is 23.0 Å². The first-order valence-electron chi connectivity index (χ1n) is 5.59. The van der Waals surface area contributed by atoms with Gasteiger partial charge in [-0.3, -0.25) is 15.1 Å². The van der Waals surface area contributed by atoms with Crippen molar-refractivity contribution in [1.29, 1.82) is 0 Å². The molecule has 1 aliphatic heterocycles. The normalized spacial score (nSPS) is 23.2. The Bertz CT molecular complexity index is 589. The van der Waals surface area contributed by atoms with Gasteiger partial charge in [-0.15, -0.1) is 11.3 Å². The van der Waals surface area contributed by atoms with Crippen molar-refractivity contribution in [3.05, 3.63) is 43.8 Å². The number of carboxylic acids is 1. The van der Waals surface area contributed by atoms with E-state index in [1.54, 1.807) is 31.4 Å². The van der Waals surface area contributed by atoms with Gasteiger partial charge < -0.3 is 5.11 Å². The zero-order valence-electron chi connectivity index (χ0n) is 10.4. The highest BCUT2D eigenvalue weighted by atomic mass is 32.1. The molecule has 6 nitrogen and oxygen atoms in total. The third-order valence-corrected chi connectivity index (χ3v) is 4.05. The maximum Gasteiger partial charge on any atom is 0.334 e. The van der Waals surface area contributed by atoms with E-state index in [0.29, 0.717) is 16.3 Å². The fourth-order valence-corrected chi connectivity index (χ4v) is 3.21. The molecule has 1 aliphatic rings. The molecular formula is C12H12N2O4S. The quantitative estimate of drug-likeness (QED) is 0.679. The third-order valence-electron chi connectivity index (χ3n) is 3.10. The van der Waals surface area contributed by atoms with E-state index in [2.05, 4.69) is 4.99 Å². The Hall–Kier alpha value is -2.02. The Morgan fingerprint density at radius 1 is 1.53 bits per heavy atom. The number of rotatable bonds is 3. The molecule has 7 heteroatoms. The van der Waals surface area contributed by atoms with Crippen molar-refractivity contribution in [3.63, 3.8) is 0 Å². The lowest BCUT2D eigenvalue weighted by atomic mass is 9.84. The van der Waals surface area contributed by atoms with E-state index in [0.717, 1.165) is 0 Å². The van der Waals surface area contributed by atoms with E-state index in [9.17, 15) is 20.0 Å². The standard InChI is InChI=1S/C12H12N2O4S/c1-6-9(12(15)16)10(8-4-3-5-19-8)11(14(17)18)7(2)13-6/h3-5,10-11H,1-2H3,(H,15,16). The molecule has 0 radical (unpaired) electrons. The minimum Gasteiger partial charge on any atom is -0.478 e. The third kappa shape index (κ3) is 2.28. The summed E-state index contributed by atoms with van der Waals surface area (Å²) in [5.41, 5.74) is 0.683. The lowest BCUT2D eigenvalue weighted by molar-refractivity contribution is -0.505. The highest BCUT2D eigenvalue weighted by Gasteiger charge is 2.44. The van der Waals surface area contributed by atoms with Crippen LogP contribution in [0.15, 0.2) is 33.8 Å². The average Bonchev–Trinajstić information content (AvgIpc) is 2.79. The van der Waals surface area contributed by atoms with Gasteiger partial charge in [0.15, 0.2) is 0 Å². The molecule has 0 spiro atoms. The van der Waals surface area contributed by atoms with Crippen molar-refractivity contribution in [2.45, 2.75) is 25.8 Å². The van der Waals surface area contributed by atoms with E-state index in [1.165, 1.54) is 11.3 Å². The summed E-state index contributed by atoms with van der Waals surface area (Å²) in [6.45, 7) is 3.14. The molecule has 0 aliphatic carbocycles. The van der Waals surface area contributed by atoms with E-state index in [-0.39, 0.29) is 5.57 Å². The zero-order chi connectivity index (χ0) is 14.2. The number of nitrogens with zero attached hydrogens (tertiary/aromatic N) is 2. The summed E-state index contributed by atoms with van der Waals surface area (Å²) < 4.78 is 0. The number of nitro groups is 1. The molecule has 0 saturated heterocycles.